The first-order valence-corrected chi connectivity index (χ1v) is 6.29. The summed E-state index contributed by atoms with van der Waals surface area (Å²) in [5.41, 5.74) is -0.329. The molecule has 2 aromatic rings. The molecule has 0 saturated carbocycles. The fraction of sp³-hybridized carbons (Fsp3) is 0.214. The molecule has 8 heteroatoms. The molecule has 0 aliphatic heterocycles. The molecule has 0 atom stereocenters. The first kappa shape index (κ1) is 15.6. The van der Waals surface area contributed by atoms with Crippen LogP contribution in [0.3, 0.4) is 0 Å². The van der Waals surface area contributed by atoms with Gasteiger partial charge < -0.3 is 10.1 Å². The predicted octanol–water partition coefficient (Wildman–Crippen LogP) is 3.51. The summed E-state index contributed by atoms with van der Waals surface area (Å²) >= 11 is 0. The van der Waals surface area contributed by atoms with E-state index in [1.807, 2.05) is 6.07 Å². The van der Waals surface area contributed by atoms with E-state index in [0.29, 0.717) is 17.4 Å². The minimum Gasteiger partial charge on any atom is -0.477 e. The second kappa shape index (κ2) is 6.30. The van der Waals surface area contributed by atoms with E-state index in [2.05, 4.69) is 15.3 Å². The quantitative estimate of drug-likeness (QED) is 0.936. The van der Waals surface area contributed by atoms with Crippen LogP contribution in [0.4, 0.5) is 24.8 Å². The van der Waals surface area contributed by atoms with E-state index < -0.39 is 17.6 Å². The van der Waals surface area contributed by atoms with E-state index in [1.165, 1.54) is 0 Å². The molecule has 0 aliphatic rings. The summed E-state index contributed by atoms with van der Waals surface area (Å²) in [6.45, 7) is 1.59. The zero-order valence-corrected chi connectivity index (χ0v) is 11.5. The molecular formula is C14H11F3N4O. The Kier molecular flexibility index (Phi) is 4.46. The molecule has 0 amide bonds. The highest BCUT2D eigenvalue weighted by atomic mass is 19.4. The van der Waals surface area contributed by atoms with Gasteiger partial charge in [-0.15, -0.1) is 0 Å². The van der Waals surface area contributed by atoms with Gasteiger partial charge in [-0.3, -0.25) is 0 Å². The number of ether oxygens (including phenoxy) is 1. The maximum absolute atomic E-state index is 12.8. The van der Waals surface area contributed by atoms with Gasteiger partial charge >= 0.3 is 6.18 Å². The van der Waals surface area contributed by atoms with Crippen LogP contribution >= 0.6 is 0 Å². The van der Waals surface area contributed by atoms with E-state index in [4.69, 9.17) is 10.00 Å². The van der Waals surface area contributed by atoms with E-state index in [0.717, 1.165) is 0 Å². The van der Waals surface area contributed by atoms with Crippen molar-refractivity contribution in [1.82, 2.24) is 9.97 Å². The van der Waals surface area contributed by atoms with Crippen molar-refractivity contribution in [2.45, 2.75) is 13.1 Å². The fourth-order valence-electron chi connectivity index (χ4n) is 1.68. The van der Waals surface area contributed by atoms with Gasteiger partial charge in [0.25, 0.3) is 0 Å². The van der Waals surface area contributed by atoms with Crippen LogP contribution in [0.1, 0.15) is 18.1 Å². The number of aromatic nitrogens is 2. The average molecular weight is 308 g/mol. The van der Waals surface area contributed by atoms with E-state index >= 15 is 0 Å². The van der Waals surface area contributed by atoms with Crippen LogP contribution in [0.2, 0.25) is 0 Å². The van der Waals surface area contributed by atoms with Gasteiger partial charge in [-0.1, -0.05) is 12.1 Å². The van der Waals surface area contributed by atoms with Gasteiger partial charge in [-0.05, 0) is 19.1 Å². The van der Waals surface area contributed by atoms with E-state index in [9.17, 15) is 13.2 Å². The Hall–Kier alpha value is -2.82. The number of nitrogens with one attached hydrogen (secondary N) is 1. The highest BCUT2D eigenvalue weighted by Gasteiger charge is 2.36. The molecule has 0 saturated heterocycles. The van der Waals surface area contributed by atoms with Crippen molar-refractivity contribution in [2.75, 3.05) is 11.9 Å². The van der Waals surface area contributed by atoms with Crippen LogP contribution in [0.25, 0.3) is 0 Å². The van der Waals surface area contributed by atoms with E-state index in [1.54, 1.807) is 31.2 Å². The number of rotatable bonds is 4. The van der Waals surface area contributed by atoms with Crippen molar-refractivity contribution in [3.8, 4) is 11.9 Å². The number of hydrogen-bond donors (Lipinski definition) is 1. The van der Waals surface area contributed by atoms with Crippen molar-refractivity contribution in [3.05, 3.63) is 41.6 Å². The Bertz CT molecular complexity index is 710. The van der Waals surface area contributed by atoms with E-state index in [-0.39, 0.29) is 12.6 Å². The summed E-state index contributed by atoms with van der Waals surface area (Å²) in [6, 6.07) is 8.47. The summed E-state index contributed by atoms with van der Waals surface area (Å²) < 4.78 is 43.4. The summed E-state index contributed by atoms with van der Waals surface area (Å²) in [5, 5.41) is 11.7. The standard InChI is InChI=1S/C14H11F3N4O/c1-2-22-12-10(14(15,16)17)8-19-13(21-12)20-11-6-4-3-5-9(11)7-18/h3-6,8H,2H2,1H3,(H,19,20,21). The molecule has 1 N–H and O–H groups in total. The van der Waals surface area contributed by atoms with Gasteiger partial charge in [0.15, 0.2) is 0 Å². The van der Waals surface area contributed by atoms with Crippen molar-refractivity contribution in [1.29, 1.82) is 5.26 Å². The lowest BCUT2D eigenvalue weighted by Gasteiger charge is -2.13. The highest BCUT2D eigenvalue weighted by Crippen LogP contribution is 2.35. The first-order valence-electron chi connectivity index (χ1n) is 6.29. The smallest absolute Gasteiger partial charge is 0.423 e. The summed E-state index contributed by atoms with van der Waals surface area (Å²) in [7, 11) is 0. The van der Waals surface area contributed by atoms with Crippen LogP contribution in [0.15, 0.2) is 30.5 Å². The molecule has 5 nitrogen and oxygen atoms in total. The molecular weight excluding hydrogens is 297 g/mol. The fourth-order valence-corrected chi connectivity index (χ4v) is 1.68. The third-order valence-electron chi connectivity index (χ3n) is 2.63. The largest absolute Gasteiger partial charge is 0.477 e. The predicted molar refractivity (Wildman–Crippen MR) is 72.6 cm³/mol. The van der Waals surface area contributed by atoms with Gasteiger partial charge in [-0.2, -0.15) is 23.4 Å². The van der Waals surface area contributed by atoms with Crippen LogP contribution < -0.4 is 10.1 Å². The summed E-state index contributed by atoms with van der Waals surface area (Å²) in [5.74, 6) is -0.638. The average Bonchev–Trinajstić information content (AvgIpc) is 2.47. The molecule has 22 heavy (non-hydrogen) atoms. The maximum Gasteiger partial charge on any atom is 0.423 e. The summed E-state index contributed by atoms with van der Waals surface area (Å²) in [6.07, 6.45) is -3.96. The Morgan fingerprint density at radius 2 is 2.05 bits per heavy atom. The monoisotopic (exact) mass is 308 g/mol. The van der Waals surface area contributed by atoms with Crippen molar-refractivity contribution >= 4 is 11.6 Å². The molecule has 114 valence electrons. The second-order valence-electron chi connectivity index (χ2n) is 4.13. The molecule has 1 heterocycles. The molecule has 1 aromatic heterocycles. The Morgan fingerprint density at radius 1 is 1.32 bits per heavy atom. The van der Waals surface area contributed by atoms with Crippen molar-refractivity contribution < 1.29 is 17.9 Å². The van der Waals surface area contributed by atoms with Gasteiger partial charge in [0.1, 0.15) is 11.6 Å². The minimum absolute atomic E-state index is 0.0360. The van der Waals surface area contributed by atoms with Crippen LogP contribution in [-0.2, 0) is 6.18 Å². The van der Waals surface area contributed by atoms with Crippen molar-refractivity contribution in [2.24, 2.45) is 0 Å². The zero-order chi connectivity index (χ0) is 16.2. The Labute approximate surface area is 124 Å². The number of hydrogen-bond acceptors (Lipinski definition) is 5. The van der Waals surface area contributed by atoms with Crippen LogP contribution in [-0.4, -0.2) is 16.6 Å². The summed E-state index contributed by atoms with van der Waals surface area (Å²) in [4.78, 5) is 7.35. The molecule has 2 rings (SSSR count). The minimum atomic E-state index is -4.60. The van der Waals surface area contributed by atoms with Crippen LogP contribution in [0, 0.1) is 11.3 Å². The number of benzene rings is 1. The van der Waals surface area contributed by atoms with Gasteiger partial charge in [0, 0.05) is 6.20 Å². The molecule has 0 radical (unpaired) electrons. The van der Waals surface area contributed by atoms with Gasteiger partial charge in [0.2, 0.25) is 11.8 Å². The third kappa shape index (κ3) is 3.44. The van der Waals surface area contributed by atoms with Gasteiger partial charge in [0.05, 0.1) is 17.9 Å². The van der Waals surface area contributed by atoms with Crippen LogP contribution in [0.5, 0.6) is 5.88 Å². The molecule has 0 bridgehead atoms. The second-order valence-corrected chi connectivity index (χ2v) is 4.13. The third-order valence-corrected chi connectivity index (χ3v) is 2.63. The lowest BCUT2D eigenvalue weighted by Crippen LogP contribution is -2.12. The molecule has 0 unspecified atom stereocenters. The maximum atomic E-state index is 12.8. The molecule has 0 fully saturated rings. The lowest BCUT2D eigenvalue weighted by molar-refractivity contribution is -0.139. The number of anilines is 2. The first-order chi connectivity index (χ1) is 10.5. The Balaban J connectivity index is 2.37. The number of halogens is 3. The molecule has 0 aliphatic carbocycles. The van der Waals surface area contributed by atoms with Gasteiger partial charge in [-0.25, -0.2) is 4.98 Å². The number of nitriles is 1. The zero-order valence-electron chi connectivity index (χ0n) is 11.5. The number of nitrogens with zero attached hydrogens (tertiary/aromatic N) is 3. The molecule has 1 aromatic carbocycles. The SMILES string of the molecule is CCOc1nc(Nc2ccccc2C#N)ncc1C(F)(F)F. The molecule has 0 spiro atoms. The lowest BCUT2D eigenvalue weighted by atomic mass is 10.2. The highest BCUT2D eigenvalue weighted by molar-refractivity contribution is 5.62. The van der Waals surface area contributed by atoms with Crippen molar-refractivity contribution in [3.63, 3.8) is 0 Å². The normalized spacial score (nSPS) is 10.9. The number of para-hydroxylation sites is 1. The Morgan fingerprint density at radius 3 is 2.68 bits per heavy atom. The topological polar surface area (TPSA) is 70.8 Å². The number of alkyl halides is 3.